The molecule has 0 aliphatic carbocycles. The number of carbonyl (C=O) groups excluding carboxylic acids is 1. The van der Waals surface area contributed by atoms with E-state index in [0.717, 1.165) is 18.4 Å². The molecule has 1 fully saturated rings. The molecule has 5 nitrogen and oxygen atoms in total. The predicted molar refractivity (Wildman–Crippen MR) is 70.1 cm³/mol. The zero-order valence-corrected chi connectivity index (χ0v) is 11.3. The number of benzene rings is 1. The van der Waals surface area contributed by atoms with E-state index in [2.05, 4.69) is 0 Å². The molecule has 1 aliphatic rings. The average molecular weight is 265 g/mol. The Bertz CT molecular complexity index is 441. The van der Waals surface area contributed by atoms with Crippen molar-refractivity contribution in [3.05, 3.63) is 23.8 Å². The summed E-state index contributed by atoms with van der Waals surface area (Å²) in [5.74, 6) is 1.27. The molecule has 0 N–H and O–H groups in total. The molecule has 0 atom stereocenters. The van der Waals surface area contributed by atoms with E-state index in [4.69, 9.17) is 14.3 Å². The van der Waals surface area contributed by atoms with Crippen molar-refractivity contribution in [1.29, 1.82) is 0 Å². The molecular weight excluding hydrogens is 246 g/mol. The van der Waals surface area contributed by atoms with Gasteiger partial charge in [0.25, 0.3) is 5.91 Å². The first kappa shape index (κ1) is 13.7. The van der Waals surface area contributed by atoms with Gasteiger partial charge in [-0.2, -0.15) is 0 Å². The van der Waals surface area contributed by atoms with Crippen LogP contribution in [0.1, 0.15) is 18.4 Å². The second-order valence-electron chi connectivity index (χ2n) is 4.40. The van der Waals surface area contributed by atoms with Crippen LogP contribution < -0.4 is 9.47 Å². The van der Waals surface area contributed by atoms with Gasteiger partial charge in [-0.15, -0.1) is 0 Å². The lowest BCUT2D eigenvalue weighted by Crippen LogP contribution is -2.36. The van der Waals surface area contributed by atoms with Crippen LogP contribution in [0.4, 0.5) is 0 Å². The Labute approximate surface area is 113 Å². The van der Waals surface area contributed by atoms with Crippen molar-refractivity contribution >= 4 is 5.91 Å². The number of hydrogen-bond acceptors (Lipinski definition) is 4. The fraction of sp³-hybridized carbons (Fsp3) is 0.500. The maximum absolute atomic E-state index is 12.1. The van der Waals surface area contributed by atoms with E-state index in [0.29, 0.717) is 31.1 Å². The molecule has 2 rings (SSSR count). The number of nitrogens with zero attached hydrogens (tertiary/aromatic N) is 1. The van der Waals surface area contributed by atoms with Crippen molar-refractivity contribution in [2.45, 2.75) is 19.3 Å². The van der Waals surface area contributed by atoms with Crippen molar-refractivity contribution in [2.75, 3.05) is 27.4 Å². The maximum Gasteiger partial charge on any atom is 0.250 e. The molecule has 0 radical (unpaired) electrons. The summed E-state index contributed by atoms with van der Waals surface area (Å²) in [5.41, 5.74) is 0.886. The number of amides is 1. The second-order valence-corrected chi connectivity index (χ2v) is 4.40. The highest BCUT2D eigenvalue weighted by atomic mass is 16.7. The highest BCUT2D eigenvalue weighted by Gasteiger charge is 2.18. The number of rotatable bonds is 4. The van der Waals surface area contributed by atoms with Crippen LogP contribution in [-0.2, 0) is 16.1 Å². The first-order chi connectivity index (χ1) is 9.24. The van der Waals surface area contributed by atoms with Gasteiger partial charge < -0.3 is 9.47 Å². The molecule has 1 aromatic rings. The minimum Gasteiger partial charge on any atom is -0.493 e. The van der Waals surface area contributed by atoms with Crippen LogP contribution in [0.15, 0.2) is 18.2 Å². The topological polar surface area (TPSA) is 48.0 Å². The van der Waals surface area contributed by atoms with Crippen LogP contribution >= 0.6 is 0 Å². The van der Waals surface area contributed by atoms with Crippen molar-refractivity contribution < 1.29 is 19.1 Å². The smallest absolute Gasteiger partial charge is 0.250 e. The minimum absolute atomic E-state index is 0.0214. The Morgan fingerprint density at radius 3 is 2.68 bits per heavy atom. The van der Waals surface area contributed by atoms with Gasteiger partial charge in [0.2, 0.25) is 0 Å². The quantitative estimate of drug-likeness (QED) is 0.833. The van der Waals surface area contributed by atoms with Crippen LogP contribution in [0.2, 0.25) is 0 Å². The number of hydrogen-bond donors (Lipinski definition) is 0. The van der Waals surface area contributed by atoms with Crippen molar-refractivity contribution in [3.63, 3.8) is 0 Å². The van der Waals surface area contributed by atoms with Crippen molar-refractivity contribution in [2.24, 2.45) is 0 Å². The predicted octanol–water partition coefficient (Wildman–Crippen LogP) is 1.80. The fourth-order valence-corrected chi connectivity index (χ4v) is 2.05. The molecule has 19 heavy (non-hydrogen) atoms. The number of methoxy groups -OCH3 is 2. The summed E-state index contributed by atoms with van der Waals surface area (Å²) in [6.07, 6.45) is 2.32. The molecule has 1 amide bonds. The average Bonchev–Trinajstić information content (AvgIpc) is 2.48. The lowest BCUT2D eigenvalue weighted by molar-refractivity contribution is -0.196. The fourth-order valence-electron chi connectivity index (χ4n) is 2.05. The Balaban J connectivity index is 2.03. The summed E-state index contributed by atoms with van der Waals surface area (Å²) in [7, 11) is 3.17. The van der Waals surface area contributed by atoms with E-state index in [1.165, 1.54) is 5.06 Å². The molecule has 1 saturated heterocycles. The van der Waals surface area contributed by atoms with Gasteiger partial charge in [-0.1, -0.05) is 6.07 Å². The van der Waals surface area contributed by atoms with Crippen LogP contribution in [-0.4, -0.2) is 38.3 Å². The lowest BCUT2D eigenvalue weighted by Gasteiger charge is -2.25. The molecule has 0 aromatic heterocycles. The first-order valence-electron chi connectivity index (χ1n) is 6.39. The highest BCUT2D eigenvalue weighted by Crippen LogP contribution is 2.27. The Kier molecular flexibility index (Phi) is 4.63. The molecule has 0 bridgehead atoms. The summed E-state index contributed by atoms with van der Waals surface area (Å²) in [6, 6.07) is 5.49. The Morgan fingerprint density at radius 1 is 1.26 bits per heavy atom. The van der Waals surface area contributed by atoms with E-state index in [1.807, 2.05) is 12.1 Å². The molecule has 1 aliphatic heterocycles. The van der Waals surface area contributed by atoms with Gasteiger partial charge in [-0.3, -0.25) is 9.63 Å². The molecule has 1 aromatic carbocycles. The Hall–Kier alpha value is -1.75. The zero-order chi connectivity index (χ0) is 13.7. The standard InChI is InChI=1S/C14H19NO4/c1-17-12-6-5-11(9-13(12)18-2)10-14(16)15-7-3-4-8-19-15/h5-6,9H,3-4,7-8,10H2,1-2H3. The lowest BCUT2D eigenvalue weighted by atomic mass is 10.1. The van der Waals surface area contributed by atoms with Gasteiger partial charge in [0.15, 0.2) is 11.5 Å². The van der Waals surface area contributed by atoms with Gasteiger partial charge in [0, 0.05) is 6.54 Å². The molecule has 1 heterocycles. The monoisotopic (exact) mass is 265 g/mol. The summed E-state index contributed by atoms with van der Waals surface area (Å²) < 4.78 is 10.4. The highest BCUT2D eigenvalue weighted by molar-refractivity contribution is 5.78. The zero-order valence-electron chi connectivity index (χ0n) is 11.3. The Morgan fingerprint density at radius 2 is 2.05 bits per heavy atom. The van der Waals surface area contributed by atoms with Gasteiger partial charge >= 0.3 is 0 Å². The van der Waals surface area contributed by atoms with E-state index < -0.39 is 0 Å². The normalized spacial score (nSPS) is 15.2. The first-order valence-corrected chi connectivity index (χ1v) is 6.39. The number of ether oxygens (including phenoxy) is 2. The van der Waals surface area contributed by atoms with Gasteiger partial charge in [0.1, 0.15) is 0 Å². The summed E-state index contributed by atoms with van der Waals surface area (Å²) in [5, 5.41) is 1.46. The van der Waals surface area contributed by atoms with E-state index in [9.17, 15) is 4.79 Å². The minimum atomic E-state index is -0.0214. The third-order valence-electron chi connectivity index (χ3n) is 3.08. The molecule has 104 valence electrons. The van der Waals surface area contributed by atoms with Crippen molar-refractivity contribution in [1.82, 2.24) is 5.06 Å². The van der Waals surface area contributed by atoms with Gasteiger partial charge in [-0.25, -0.2) is 5.06 Å². The molecule has 5 heteroatoms. The second kappa shape index (κ2) is 6.43. The summed E-state index contributed by atoms with van der Waals surface area (Å²) >= 11 is 0. The van der Waals surface area contributed by atoms with E-state index in [1.54, 1.807) is 20.3 Å². The third-order valence-corrected chi connectivity index (χ3v) is 3.08. The van der Waals surface area contributed by atoms with Crippen LogP contribution in [0.5, 0.6) is 11.5 Å². The van der Waals surface area contributed by atoms with Crippen LogP contribution in [0.3, 0.4) is 0 Å². The van der Waals surface area contributed by atoms with Crippen LogP contribution in [0.25, 0.3) is 0 Å². The molecule has 0 saturated carbocycles. The maximum atomic E-state index is 12.1. The van der Waals surface area contributed by atoms with Gasteiger partial charge in [-0.05, 0) is 30.5 Å². The van der Waals surface area contributed by atoms with Crippen LogP contribution in [0, 0.1) is 0 Å². The molecule has 0 unspecified atom stereocenters. The summed E-state index contributed by atoms with van der Waals surface area (Å²) in [6.45, 7) is 1.30. The largest absolute Gasteiger partial charge is 0.493 e. The molecular formula is C14H19NO4. The van der Waals surface area contributed by atoms with E-state index >= 15 is 0 Å². The number of hydroxylamine groups is 2. The van der Waals surface area contributed by atoms with E-state index in [-0.39, 0.29) is 5.91 Å². The number of carbonyl (C=O) groups is 1. The van der Waals surface area contributed by atoms with Crippen molar-refractivity contribution in [3.8, 4) is 11.5 Å². The molecule has 0 spiro atoms. The van der Waals surface area contributed by atoms with Gasteiger partial charge in [0.05, 0.1) is 27.2 Å². The third kappa shape index (κ3) is 3.38. The summed E-state index contributed by atoms with van der Waals surface area (Å²) in [4.78, 5) is 17.4. The SMILES string of the molecule is COc1ccc(CC(=O)N2CCCCO2)cc1OC.